The number of carbonyl (C=O) groups excluding carboxylic acids is 3. The zero-order chi connectivity index (χ0) is 30.1. The van der Waals surface area contributed by atoms with E-state index in [1.165, 1.54) is 11.8 Å². The van der Waals surface area contributed by atoms with Gasteiger partial charge in [0.2, 0.25) is 5.91 Å². The molecule has 3 aromatic carbocycles. The summed E-state index contributed by atoms with van der Waals surface area (Å²) in [5.74, 6) is -1.11. The van der Waals surface area contributed by atoms with Crippen molar-refractivity contribution >= 4 is 40.9 Å². The molecule has 0 radical (unpaired) electrons. The van der Waals surface area contributed by atoms with Crippen LogP contribution in [0.2, 0.25) is 0 Å². The van der Waals surface area contributed by atoms with E-state index < -0.39 is 17.8 Å². The fraction of sp³-hybridized carbons (Fsp3) is 0.188. The fourth-order valence-corrected chi connectivity index (χ4v) is 5.34. The molecule has 2 amide bonds. The van der Waals surface area contributed by atoms with Crippen LogP contribution in [-0.4, -0.2) is 37.3 Å². The molecule has 42 heavy (non-hydrogen) atoms. The average molecular weight is 583 g/mol. The van der Waals surface area contributed by atoms with Crippen molar-refractivity contribution in [3.05, 3.63) is 112 Å². The van der Waals surface area contributed by atoms with Gasteiger partial charge in [-0.1, -0.05) is 48.2 Å². The third-order valence-electron chi connectivity index (χ3n) is 6.38. The van der Waals surface area contributed by atoms with E-state index in [0.717, 1.165) is 5.56 Å². The van der Waals surface area contributed by atoms with Crippen LogP contribution in [0.4, 0.5) is 11.4 Å². The van der Waals surface area contributed by atoms with E-state index >= 15 is 0 Å². The third kappa shape index (κ3) is 7.19. The molecule has 10 heteroatoms. The van der Waals surface area contributed by atoms with Crippen LogP contribution in [0.25, 0.3) is 0 Å². The van der Waals surface area contributed by atoms with E-state index in [1.54, 1.807) is 69.5 Å². The second-order valence-corrected chi connectivity index (χ2v) is 10.2. The minimum atomic E-state index is -0.666. The Balaban J connectivity index is 1.56. The second kappa shape index (κ2) is 14.1. The van der Waals surface area contributed by atoms with Gasteiger partial charge in [0.05, 0.1) is 47.6 Å². The zero-order valence-corrected chi connectivity index (χ0v) is 24.2. The van der Waals surface area contributed by atoms with Crippen molar-refractivity contribution in [2.75, 3.05) is 30.1 Å². The Morgan fingerprint density at radius 1 is 0.976 bits per heavy atom. The standard InChI is InChI=1S/C32H30N4O5S/c1-4-41-32(39)22-13-15-23(16-14-22)36-30(38)28-20(2)34-31(26(18-33)29(28)21-9-6-5-7-10-21)42-19-27(37)35-24-11-8-12-25(17-24)40-3/h5-17,29,34H,4,19H2,1-3H3,(H,35,37)(H,36,38)/t29-/m1/s1. The lowest BCUT2D eigenvalue weighted by molar-refractivity contribution is -0.114. The summed E-state index contributed by atoms with van der Waals surface area (Å²) in [5, 5.41) is 19.7. The highest BCUT2D eigenvalue weighted by atomic mass is 32.2. The summed E-state index contributed by atoms with van der Waals surface area (Å²) in [7, 11) is 1.55. The van der Waals surface area contributed by atoms with Gasteiger partial charge in [-0.2, -0.15) is 5.26 Å². The highest BCUT2D eigenvalue weighted by Crippen LogP contribution is 2.41. The minimum absolute atomic E-state index is 0.0356. The maximum absolute atomic E-state index is 13.7. The van der Waals surface area contributed by atoms with Gasteiger partial charge in [-0.3, -0.25) is 9.59 Å². The van der Waals surface area contributed by atoms with Crippen LogP contribution in [0.5, 0.6) is 5.75 Å². The van der Waals surface area contributed by atoms with E-state index in [2.05, 4.69) is 22.0 Å². The molecule has 214 valence electrons. The number of anilines is 2. The number of thioether (sulfide) groups is 1. The predicted octanol–water partition coefficient (Wildman–Crippen LogP) is 5.58. The zero-order valence-electron chi connectivity index (χ0n) is 23.4. The molecule has 1 aliphatic heterocycles. The summed E-state index contributed by atoms with van der Waals surface area (Å²) in [6, 6.07) is 25.0. The van der Waals surface area contributed by atoms with Crippen molar-refractivity contribution in [3.63, 3.8) is 0 Å². The Hall–Kier alpha value is -5.01. The average Bonchev–Trinajstić information content (AvgIpc) is 3.00. The van der Waals surface area contributed by atoms with Gasteiger partial charge in [0, 0.05) is 28.7 Å². The van der Waals surface area contributed by atoms with Crippen molar-refractivity contribution in [3.8, 4) is 11.8 Å². The first-order valence-corrected chi connectivity index (χ1v) is 14.1. The first-order valence-electron chi connectivity index (χ1n) is 13.2. The van der Waals surface area contributed by atoms with Gasteiger partial charge >= 0.3 is 5.97 Å². The maximum Gasteiger partial charge on any atom is 0.338 e. The van der Waals surface area contributed by atoms with Crippen LogP contribution in [0.1, 0.15) is 35.7 Å². The number of dihydropyridines is 1. The second-order valence-electron chi connectivity index (χ2n) is 9.18. The number of amides is 2. The van der Waals surface area contributed by atoms with E-state index in [1.807, 2.05) is 30.3 Å². The molecular formula is C32H30N4O5S. The lowest BCUT2D eigenvalue weighted by atomic mass is 9.82. The summed E-state index contributed by atoms with van der Waals surface area (Å²) in [6.45, 7) is 3.76. The normalized spacial score (nSPS) is 14.4. The number of hydrogen-bond acceptors (Lipinski definition) is 8. The number of nitriles is 1. The van der Waals surface area contributed by atoms with Crippen LogP contribution in [0.15, 0.2) is 101 Å². The summed E-state index contributed by atoms with van der Waals surface area (Å²) in [4.78, 5) is 38.4. The number of methoxy groups -OCH3 is 1. The SMILES string of the molecule is CCOC(=O)c1ccc(NC(=O)C2=C(C)NC(SCC(=O)Nc3cccc(OC)c3)=C(C#N)[C@H]2c2ccccc2)cc1. The number of nitrogens with zero attached hydrogens (tertiary/aromatic N) is 1. The number of esters is 1. The monoisotopic (exact) mass is 582 g/mol. The minimum Gasteiger partial charge on any atom is -0.497 e. The van der Waals surface area contributed by atoms with Gasteiger partial charge in [0.15, 0.2) is 0 Å². The Kier molecular flexibility index (Phi) is 10.0. The Labute approximate surface area is 248 Å². The molecule has 0 saturated carbocycles. The van der Waals surface area contributed by atoms with E-state index in [9.17, 15) is 19.6 Å². The first kappa shape index (κ1) is 30.0. The third-order valence-corrected chi connectivity index (χ3v) is 7.40. The number of carbonyl (C=O) groups is 3. The van der Waals surface area contributed by atoms with Crippen LogP contribution < -0.4 is 20.7 Å². The van der Waals surface area contributed by atoms with E-state index in [-0.39, 0.29) is 18.3 Å². The molecule has 0 aliphatic carbocycles. The van der Waals surface area contributed by atoms with Gasteiger partial charge < -0.3 is 25.4 Å². The summed E-state index contributed by atoms with van der Waals surface area (Å²) < 4.78 is 10.2. The van der Waals surface area contributed by atoms with Crippen molar-refractivity contribution < 1.29 is 23.9 Å². The van der Waals surface area contributed by atoms with E-state index in [0.29, 0.717) is 44.6 Å². The molecule has 0 unspecified atom stereocenters. The van der Waals surface area contributed by atoms with Gasteiger partial charge in [-0.15, -0.1) is 0 Å². The predicted molar refractivity (Wildman–Crippen MR) is 163 cm³/mol. The largest absolute Gasteiger partial charge is 0.497 e. The van der Waals surface area contributed by atoms with Crippen LogP contribution in [0.3, 0.4) is 0 Å². The fourth-order valence-electron chi connectivity index (χ4n) is 4.44. The Morgan fingerprint density at radius 3 is 2.38 bits per heavy atom. The summed E-state index contributed by atoms with van der Waals surface area (Å²) in [6.07, 6.45) is 0. The summed E-state index contributed by atoms with van der Waals surface area (Å²) in [5.41, 5.74) is 3.47. The van der Waals surface area contributed by atoms with Crippen molar-refractivity contribution in [1.29, 1.82) is 5.26 Å². The number of benzene rings is 3. The lowest BCUT2D eigenvalue weighted by Crippen LogP contribution is -2.31. The van der Waals surface area contributed by atoms with Crippen molar-refractivity contribution in [2.24, 2.45) is 0 Å². The van der Waals surface area contributed by atoms with Crippen LogP contribution in [0, 0.1) is 11.3 Å². The maximum atomic E-state index is 13.7. The van der Waals surface area contributed by atoms with Crippen LogP contribution >= 0.6 is 11.8 Å². The Morgan fingerprint density at radius 2 is 1.71 bits per heavy atom. The molecular weight excluding hydrogens is 552 g/mol. The summed E-state index contributed by atoms with van der Waals surface area (Å²) >= 11 is 1.19. The number of ether oxygens (including phenoxy) is 2. The lowest BCUT2D eigenvalue weighted by Gasteiger charge is -2.30. The molecule has 3 aromatic rings. The smallest absolute Gasteiger partial charge is 0.338 e. The number of allylic oxidation sites excluding steroid dienone is 2. The number of hydrogen-bond donors (Lipinski definition) is 3. The van der Waals surface area contributed by atoms with Crippen LogP contribution in [-0.2, 0) is 14.3 Å². The molecule has 1 atom stereocenters. The van der Waals surface area contributed by atoms with Gasteiger partial charge in [-0.25, -0.2) is 4.79 Å². The molecule has 0 bridgehead atoms. The number of rotatable bonds is 10. The van der Waals surface area contributed by atoms with Gasteiger partial charge in [0.25, 0.3) is 5.91 Å². The molecule has 4 rings (SSSR count). The molecule has 1 aliphatic rings. The Bertz CT molecular complexity index is 1580. The quantitative estimate of drug-likeness (QED) is 0.264. The van der Waals surface area contributed by atoms with Gasteiger partial charge in [0.1, 0.15) is 5.75 Å². The topological polar surface area (TPSA) is 130 Å². The molecule has 0 spiro atoms. The van der Waals surface area contributed by atoms with E-state index in [4.69, 9.17) is 9.47 Å². The number of nitrogens with one attached hydrogen (secondary N) is 3. The highest BCUT2D eigenvalue weighted by Gasteiger charge is 2.34. The molecule has 1 heterocycles. The first-order chi connectivity index (χ1) is 20.3. The molecule has 0 aromatic heterocycles. The highest BCUT2D eigenvalue weighted by molar-refractivity contribution is 8.03. The molecule has 0 fully saturated rings. The van der Waals surface area contributed by atoms with Gasteiger partial charge in [-0.05, 0) is 55.8 Å². The molecule has 0 saturated heterocycles. The van der Waals surface area contributed by atoms with Crippen molar-refractivity contribution in [2.45, 2.75) is 19.8 Å². The molecule has 9 nitrogen and oxygen atoms in total. The van der Waals surface area contributed by atoms with Crippen molar-refractivity contribution in [1.82, 2.24) is 5.32 Å². The molecule has 3 N–H and O–H groups in total.